The number of hydrogen-bond donors (Lipinski definition) is 2. The molecule has 1 aromatic rings. The summed E-state index contributed by atoms with van der Waals surface area (Å²) in [4.78, 5) is 6.73. The Balaban J connectivity index is 2.41. The van der Waals surface area contributed by atoms with Crippen molar-refractivity contribution in [2.45, 2.75) is 52.0 Å². The van der Waals surface area contributed by atoms with E-state index < -0.39 is 9.84 Å². The van der Waals surface area contributed by atoms with E-state index in [4.69, 9.17) is 0 Å². The maximum Gasteiger partial charge on any atom is 0.191 e. The van der Waals surface area contributed by atoms with Gasteiger partial charge >= 0.3 is 0 Å². The summed E-state index contributed by atoms with van der Waals surface area (Å²) in [6, 6.07) is 7.99. The first-order valence-electron chi connectivity index (χ1n) is 9.72. The Hall–Kier alpha value is -1.60. The van der Waals surface area contributed by atoms with Crippen molar-refractivity contribution < 1.29 is 8.42 Å². The minimum absolute atomic E-state index is 0.0783. The molecule has 0 aliphatic rings. The van der Waals surface area contributed by atoms with E-state index in [0.717, 1.165) is 49.6 Å². The third-order valence-corrected chi connectivity index (χ3v) is 5.38. The number of hydrogen-bond acceptors (Lipinski definition) is 4. The Morgan fingerprint density at radius 2 is 1.74 bits per heavy atom. The zero-order chi connectivity index (χ0) is 20.3. The highest BCUT2D eigenvalue weighted by atomic mass is 32.2. The first-order chi connectivity index (χ1) is 12.8. The van der Waals surface area contributed by atoms with Crippen LogP contribution in [0.3, 0.4) is 0 Å². The maximum absolute atomic E-state index is 11.3. The molecule has 1 unspecified atom stereocenters. The fraction of sp³-hybridized carbons (Fsp3) is 0.650. The van der Waals surface area contributed by atoms with E-state index in [-0.39, 0.29) is 5.75 Å². The first kappa shape index (κ1) is 23.4. The minimum atomic E-state index is -3.00. The van der Waals surface area contributed by atoms with E-state index in [9.17, 15) is 8.42 Å². The highest BCUT2D eigenvalue weighted by Gasteiger charge is 2.07. The Morgan fingerprint density at radius 1 is 1.15 bits per heavy atom. The van der Waals surface area contributed by atoms with Gasteiger partial charge in [0, 0.05) is 25.9 Å². The predicted molar refractivity (Wildman–Crippen MR) is 115 cm³/mol. The number of benzene rings is 1. The first-order valence-corrected chi connectivity index (χ1v) is 11.8. The molecule has 0 aromatic heterocycles. The van der Waals surface area contributed by atoms with Crippen molar-refractivity contribution >= 4 is 15.8 Å². The average molecular weight is 397 g/mol. The van der Waals surface area contributed by atoms with Gasteiger partial charge in [0.15, 0.2) is 15.8 Å². The monoisotopic (exact) mass is 396 g/mol. The Kier molecular flexibility index (Phi) is 10.4. The van der Waals surface area contributed by atoms with Crippen LogP contribution >= 0.6 is 0 Å². The lowest BCUT2D eigenvalue weighted by molar-refractivity contribution is 0.292. The normalized spacial score (nSPS) is 13.6. The largest absolute Gasteiger partial charge is 0.354 e. The van der Waals surface area contributed by atoms with Crippen LogP contribution in [0.4, 0.5) is 0 Å². The third kappa shape index (κ3) is 10.3. The van der Waals surface area contributed by atoms with Gasteiger partial charge in [0.25, 0.3) is 0 Å². The van der Waals surface area contributed by atoms with Crippen molar-refractivity contribution in [2.24, 2.45) is 4.99 Å². The SMILES string of the molecule is CCN(CC)CCCC(C)NC(=NC)NCc1ccc(CS(C)(=O)=O)cc1. The van der Waals surface area contributed by atoms with Gasteiger partial charge in [-0.15, -0.1) is 0 Å². The van der Waals surface area contributed by atoms with Gasteiger partial charge in [-0.3, -0.25) is 4.99 Å². The molecule has 0 spiro atoms. The van der Waals surface area contributed by atoms with E-state index in [1.54, 1.807) is 7.05 Å². The highest BCUT2D eigenvalue weighted by molar-refractivity contribution is 7.89. The quantitative estimate of drug-likeness (QED) is 0.444. The fourth-order valence-corrected chi connectivity index (χ4v) is 3.70. The highest BCUT2D eigenvalue weighted by Crippen LogP contribution is 2.08. The summed E-state index contributed by atoms with van der Waals surface area (Å²) >= 11 is 0. The van der Waals surface area contributed by atoms with Gasteiger partial charge in [-0.1, -0.05) is 38.1 Å². The molecule has 2 N–H and O–H groups in total. The maximum atomic E-state index is 11.3. The van der Waals surface area contributed by atoms with Gasteiger partial charge in [-0.2, -0.15) is 0 Å². The molecule has 0 bridgehead atoms. The second-order valence-electron chi connectivity index (χ2n) is 7.03. The lowest BCUT2D eigenvalue weighted by atomic mass is 10.1. The van der Waals surface area contributed by atoms with Crippen LogP contribution in [-0.2, 0) is 22.1 Å². The average Bonchev–Trinajstić information content (AvgIpc) is 2.62. The molecule has 27 heavy (non-hydrogen) atoms. The van der Waals surface area contributed by atoms with Crippen LogP contribution in [0.1, 0.15) is 44.7 Å². The topological polar surface area (TPSA) is 73.8 Å². The Labute approximate surface area is 165 Å². The number of rotatable bonds is 11. The summed E-state index contributed by atoms with van der Waals surface area (Å²) in [5, 5.41) is 6.75. The second kappa shape index (κ2) is 12.0. The van der Waals surface area contributed by atoms with Gasteiger partial charge in [0.05, 0.1) is 5.75 Å². The molecular formula is C20H36N4O2S. The molecule has 0 saturated heterocycles. The Morgan fingerprint density at radius 3 is 2.26 bits per heavy atom. The van der Waals surface area contributed by atoms with Crippen LogP contribution in [0.25, 0.3) is 0 Å². The summed E-state index contributed by atoms with van der Waals surface area (Å²) in [5.41, 5.74) is 1.90. The molecule has 6 nitrogen and oxygen atoms in total. The lowest BCUT2D eigenvalue weighted by Gasteiger charge is -2.21. The zero-order valence-electron chi connectivity index (χ0n) is 17.5. The molecule has 1 rings (SSSR count). The number of guanidine groups is 1. The summed E-state index contributed by atoms with van der Waals surface area (Å²) in [5.74, 6) is 0.861. The second-order valence-corrected chi connectivity index (χ2v) is 9.17. The van der Waals surface area contributed by atoms with Crippen LogP contribution in [-0.4, -0.2) is 58.3 Å². The van der Waals surface area contributed by atoms with Crippen molar-refractivity contribution in [1.29, 1.82) is 0 Å². The number of aliphatic imine (C=N–C) groups is 1. The molecule has 154 valence electrons. The molecule has 0 radical (unpaired) electrons. The van der Waals surface area contributed by atoms with E-state index in [0.29, 0.717) is 12.6 Å². The summed E-state index contributed by atoms with van der Waals surface area (Å²) in [6.07, 6.45) is 3.51. The summed E-state index contributed by atoms with van der Waals surface area (Å²) in [6.45, 7) is 10.6. The molecule has 0 saturated carbocycles. The number of nitrogens with zero attached hydrogens (tertiary/aromatic N) is 2. The molecule has 0 aliphatic heterocycles. The van der Waals surface area contributed by atoms with Crippen molar-refractivity contribution in [3.8, 4) is 0 Å². The van der Waals surface area contributed by atoms with Crippen LogP contribution in [0, 0.1) is 0 Å². The van der Waals surface area contributed by atoms with Gasteiger partial charge < -0.3 is 15.5 Å². The smallest absolute Gasteiger partial charge is 0.191 e. The van der Waals surface area contributed by atoms with Crippen LogP contribution in [0.5, 0.6) is 0 Å². The van der Waals surface area contributed by atoms with Crippen LogP contribution in [0.2, 0.25) is 0 Å². The number of sulfone groups is 1. The van der Waals surface area contributed by atoms with Crippen LogP contribution < -0.4 is 10.6 Å². The minimum Gasteiger partial charge on any atom is -0.354 e. The van der Waals surface area contributed by atoms with Gasteiger partial charge in [0.1, 0.15) is 0 Å². The van der Waals surface area contributed by atoms with Crippen molar-refractivity contribution in [3.63, 3.8) is 0 Å². The van der Waals surface area contributed by atoms with Gasteiger partial charge in [-0.25, -0.2) is 8.42 Å². The van der Waals surface area contributed by atoms with Gasteiger partial charge in [0.2, 0.25) is 0 Å². The Bertz CT molecular complexity index is 668. The molecule has 0 aliphatic carbocycles. The molecule has 0 heterocycles. The van der Waals surface area contributed by atoms with Gasteiger partial charge in [-0.05, 0) is 50.5 Å². The summed E-state index contributed by atoms with van der Waals surface area (Å²) < 4.78 is 22.7. The standard InChI is InChI=1S/C20H36N4O2S/c1-6-24(7-2)14-8-9-17(3)23-20(21-4)22-15-18-10-12-19(13-11-18)16-27(5,25)26/h10-13,17H,6-9,14-16H2,1-5H3,(H2,21,22,23). The van der Waals surface area contributed by atoms with Crippen molar-refractivity contribution in [2.75, 3.05) is 32.9 Å². The summed E-state index contributed by atoms with van der Waals surface area (Å²) in [7, 11) is -1.23. The molecule has 1 aromatic carbocycles. The van der Waals surface area contributed by atoms with Crippen molar-refractivity contribution in [1.82, 2.24) is 15.5 Å². The fourth-order valence-electron chi connectivity index (χ4n) is 2.90. The van der Waals surface area contributed by atoms with E-state index >= 15 is 0 Å². The zero-order valence-corrected chi connectivity index (χ0v) is 18.3. The molecular weight excluding hydrogens is 360 g/mol. The van der Waals surface area contributed by atoms with E-state index in [1.807, 2.05) is 24.3 Å². The number of nitrogens with one attached hydrogen (secondary N) is 2. The van der Waals surface area contributed by atoms with Crippen molar-refractivity contribution in [3.05, 3.63) is 35.4 Å². The lowest BCUT2D eigenvalue weighted by Crippen LogP contribution is -2.42. The molecule has 7 heteroatoms. The van der Waals surface area contributed by atoms with E-state index in [2.05, 4.69) is 41.3 Å². The van der Waals surface area contributed by atoms with E-state index in [1.165, 1.54) is 6.26 Å². The molecule has 0 amide bonds. The predicted octanol–water partition coefficient (Wildman–Crippen LogP) is 2.41. The molecule has 1 atom stereocenters. The third-order valence-electron chi connectivity index (χ3n) is 4.52. The molecule has 0 fully saturated rings. The van der Waals surface area contributed by atoms with Crippen LogP contribution in [0.15, 0.2) is 29.3 Å².